The van der Waals surface area contributed by atoms with E-state index in [1.54, 1.807) is 18.7 Å². The lowest BCUT2D eigenvalue weighted by Gasteiger charge is -2.25. The average molecular weight is 251 g/mol. The number of ketones is 1. The Balaban J connectivity index is 2.11. The third-order valence-corrected chi connectivity index (χ3v) is 5.00. The maximum Gasteiger partial charge on any atom is 0.170 e. The molecule has 0 bridgehead atoms. The number of benzene rings is 1. The van der Waals surface area contributed by atoms with Gasteiger partial charge in [0.15, 0.2) is 5.78 Å². The first-order chi connectivity index (χ1) is 8.09. The molecule has 1 unspecified atom stereocenters. The Kier molecular flexibility index (Phi) is 2.43. The maximum absolute atomic E-state index is 13.6. The molecule has 2 N–H and O–H groups in total. The average Bonchev–Trinajstić information content (AvgIpc) is 3.09. The molecular weight excluding hydrogens is 237 g/mol. The molecule has 1 aromatic rings. The van der Waals surface area contributed by atoms with Gasteiger partial charge in [0.25, 0.3) is 0 Å². The van der Waals surface area contributed by atoms with E-state index in [0.29, 0.717) is 22.7 Å². The van der Waals surface area contributed by atoms with Gasteiger partial charge in [-0.15, -0.1) is 11.8 Å². The van der Waals surface area contributed by atoms with E-state index < -0.39 is 0 Å². The summed E-state index contributed by atoms with van der Waals surface area (Å²) in [5.41, 5.74) is 7.23. The number of rotatable bonds is 1. The van der Waals surface area contributed by atoms with Crippen molar-refractivity contribution >= 4 is 23.2 Å². The van der Waals surface area contributed by atoms with E-state index in [4.69, 9.17) is 5.73 Å². The summed E-state index contributed by atoms with van der Waals surface area (Å²) in [7, 11) is 0. The quantitative estimate of drug-likeness (QED) is 0.780. The molecule has 90 valence electrons. The number of thioether (sulfide) groups is 1. The summed E-state index contributed by atoms with van der Waals surface area (Å²) in [6.45, 7) is 1.71. The Morgan fingerprint density at radius 1 is 1.47 bits per heavy atom. The fraction of sp³-hybridized carbons (Fsp3) is 0.462. The summed E-state index contributed by atoms with van der Waals surface area (Å²) in [5, 5.41) is 0. The van der Waals surface area contributed by atoms with Crippen molar-refractivity contribution < 1.29 is 9.18 Å². The molecular formula is C13H14FNOS. The molecule has 17 heavy (non-hydrogen) atoms. The van der Waals surface area contributed by atoms with Crippen LogP contribution in [0.4, 0.5) is 10.1 Å². The summed E-state index contributed by atoms with van der Waals surface area (Å²) >= 11 is 1.58. The number of fused-ring (bicyclic) bond motifs is 1. The van der Waals surface area contributed by atoms with Crippen LogP contribution in [0.15, 0.2) is 11.0 Å². The van der Waals surface area contributed by atoms with Gasteiger partial charge in [0, 0.05) is 22.3 Å². The zero-order valence-electron chi connectivity index (χ0n) is 9.63. The van der Waals surface area contributed by atoms with Gasteiger partial charge in [-0.3, -0.25) is 4.79 Å². The van der Waals surface area contributed by atoms with E-state index in [-0.39, 0.29) is 17.5 Å². The number of halogens is 1. The molecule has 1 atom stereocenters. The molecule has 2 nitrogen and oxygen atoms in total. The van der Waals surface area contributed by atoms with E-state index in [2.05, 4.69) is 0 Å². The number of hydrogen-bond acceptors (Lipinski definition) is 3. The molecule has 0 amide bonds. The second-order valence-electron chi connectivity index (χ2n) is 4.90. The lowest BCUT2D eigenvalue weighted by molar-refractivity contribution is 0.0914. The Morgan fingerprint density at radius 3 is 2.82 bits per heavy atom. The molecule has 1 saturated carbocycles. The van der Waals surface area contributed by atoms with Gasteiger partial charge in [-0.1, -0.05) is 0 Å². The first kappa shape index (κ1) is 11.1. The maximum atomic E-state index is 13.6. The lowest BCUT2D eigenvalue weighted by Crippen LogP contribution is -2.26. The van der Waals surface area contributed by atoms with Crippen LogP contribution < -0.4 is 5.73 Å². The second kappa shape index (κ2) is 3.73. The van der Waals surface area contributed by atoms with Crippen molar-refractivity contribution in [2.75, 3.05) is 11.5 Å². The number of carbonyl (C=O) groups excluding carboxylic acids is 1. The molecule has 1 fully saturated rings. The number of carbonyl (C=O) groups is 1. The van der Waals surface area contributed by atoms with Gasteiger partial charge in [0.05, 0.1) is 5.56 Å². The standard InChI is InChI=1S/C13H14FNOS/c1-6-9(14)4-10(15)11-12(16)8(7-2-3-7)5-17-13(6)11/h4,7-8H,2-3,5,15H2,1H3. The van der Waals surface area contributed by atoms with Gasteiger partial charge in [0.1, 0.15) is 5.82 Å². The first-order valence-electron chi connectivity index (χ1n) is 5.85. The number of Topliss-reactive ketones (excluding diaryl/α,β-unsaturated/α-hetero) is 1. The summed E-state index contributed by atoms with van der Waals surface area (Å²) in [6.07, 6.45) is 2.29. The highest BCUT2D eigenvalue weighted by molar-refractivity contribution is 7.99. The Hall–Kier alpha value is -1.03. The minimum absolute atomic E-state index is 0.0969. The van der Waals surface area contributed by atoms with Crippen LogP contribution >= 0.6 is 11.8 Å². The monoisotopic (exact) mass is 251 g/mol. The molecule has 1 heterocycles. The van der Waals surface area contributed by atoms with E-state index in [0.717, 1.165) is 23.5 Å². The second-order valence-corrected chi connectivity index (χ2v) is 5.93. The van der Waals surface area contributed by atoms with Crippen LogP contribution in [-0.4, -0.2) is 11.5 Å². The zero-order valence-corrected chi connectivity index (χ0v) is 10.4. The Labute approximate surface area is 104 Å². The summed E-state index contributed by atoms with van der Waals surface area (Å²) in [4.78, 5) is 13.1. The largest absolute Gasteiger partial charge is 0.398 e. The third-order valence-electron chi connectivity index (χ3n) is 3.68. The molecule has 4 heteroatoms. The van der Waals surface area contributed by atoms with Gasteiger partial charge in [-0.2, -0.15) is 0 Å². The highest BCUT2D eigenvalue weighted by atomic mass is 32.2. The van der Waals surface area contributed by atoms with E-state index in [1.807, 2.05) is 0 Å². The number of anilines is 1. The normalized spacial score (nSPS) is 23.6. The van der Waals surface area contributed by atoms with Crippen LogP contribution in [0.3, 0.4) is 0 Å². The van der Waals surface area contributed by atoms with Gasteiger partial charge in [0.2, 0.25) is 0 Å². The van der Waals surface area contributed by atoms with E-state index in [9.17, 15) is 9.18 Å². The SMILES string of the molecule is Cc1c(F)cc(N)c2c1SCC(C1CC1)C2=O. The number of hydrogen-bond donors (Lipinski definition) is 1. The number of nitrogen functional groups attached to an aromatic ring is 1. The van der Waals surface area contributed by atoms with Crippen molar-refractivity contribution in [2.45, 2.75) is 24.7 Å². The van der Waals surface area contributed by atoms with Crippen LogP contribution in [-0.2, 0) is 0 Å². The lowest BCUT2D eigenvalue weighted by atomic mass is 9.92. The molecule has 1 aliphatic heterocycles. The van der Waals surface area contributed by atoms with Crippen LogP contribution in [0, 0.1) is 24.6 Å². The van der Waals surface area contributed by atoms with Gasteiger partial charge in [-0.05, 0) is 37.3 Å². The summed E-state index contributed by atoms with van der Waals surface area (Å²) in [5.74, 6) is 1.22. The van der Waals surface area contributed by atoms with Crippen LogP contribution in [0.1, 0.15) is 28.8 Å². The van der Waals surface area contributed by atoms with E-state index in [1.165, 1.54) is 6.07 Å². The molecule has 1 aliphatic carbocycles. The van der Waals surface area contributed by atoms with Crippen molar-refractivity contribution in [1.29, 1.82) is 0 Å². The minimum atomic E-state index is -0.313. The van der Waals surface area contributed by atoms with Gasteiger partial charge in [-0.25, -0.2) is 4.39 Å². The molecule has 3 rings (SSSR count). The summed E-state index contributed by atoms with van der Waals surface area (Å²) in [6, 6.07) is 1.28. The van der Waals surface area contributed by atoms with Crippen molar-refractivity contribution in [1.82, 2.24) is 0 Å². The van der Waals surface area contributed by atoms with Crippen LogP contribution in [0.25, 0.3) is 0 Å². The highest BCUT2D eigenvalue weighted by Crippen LogP contribution is 2.47. The summed E-state index contributed by atoms with van der Waals surface area (Å²) < 4.78 is 13.6. The van der Waals surface area contributed by atoms with Crippen LogP contribution in [0.5, 0.6) is 0 Å². The highest BCUT2D eigenvalue weighted by Gasteiger charge is 2.41. The van der Waals surface area contributed by atoms with Crippen molar-refractivity contribution in [2.24, 2.45) is 11.8 Å². The number of nitrogens with two attached hydrogens (primary N) is 1. The van der Waals surface area contributed by atoms with Gasteiger partial charge >= 0.3 is 0 Å². The van der Waals surface area contributed by atoms with Crippen molar-refractivity contribution in [3.05, 3.63) is 23.0 Å². The third kappa shape index (κ3) is 1.66. The van der Waals surface area contributed by atoms with Crippen LogP contribution in [0.2, 0.25) is 0 Å². The minimum Gasteiger partial charge on any atom is -0.398 e. The first-order valence-corrected chi connectivity index (χ1v) is 6.83. The van der Waals surface area contributed by atoms with E-state index >= 15 is 0 Å². The Morgan fingerprint density at radius 2 is 2.18 bits per heavy atom. The van der Waals surface area contributed by atoms with Crippen molar-refractivity contribution in [3.8, 4) is 0 Å². The molecule has 0 aromatic heterocycles. The molecule has 2 aliphatic rings. The van der Waals surface area contributed by atoms with Crippen molar-refractivity contribution in [3.63, 3.8) is 0 Å². The Bertz CT molecular complexity index is 511. The molecule has 0 radical (unpaired) electrons. The topological polar surface area (TPSA) is 43.1 Å². The fourth-order valence-electron chi connectivity index (χ4n) is 2.46. The molecule has 1 aromatic carbocycles. The predicted molar refractivity (Wildman–Crippen MR) is 66.8 cm³/mol. The fourth-order valence-corrected chi connectivity index (χ4v) is 3.91. The zero-order chi connectivity index (χ0) is 12.2. The predicted octanol–water partition coefficient (Wildman–Crippen LogP) is 3.03. The smallest absolute Gasteiger partial charge is 0.170 e. The molecule has 0 saturated heterocycles. The molecule has 0 spiro atoms. The van der Waals surface area contributed by atoms with Gasteiger partial charge < -0.3 is 5.73 Å².